The molecule has 0 aromatic heterocycles. The zero-order chi connectivity index (χ0) is 32.7. The molecular weight excluding hydrogens is 614 g/mol. The summed E-state index contributed by atoms with van der Waals surface area (Å²) in [6.45, 7) is 2.15. The van der Waals surface area contributed by atoms with Gasteiger partial charge in [-0.1, -0.05) is 25.0 Å². The maximum atomic E-state index is 15.1. The standard InChI is InChI=1S/C34H28F10O/c1-2-18-3-5-19(6-4-18)20-7-9-21(10-8-20)22-14-28(37)31(29(38)15-22)34(43,44)45-24-13-23-16-26(35)25(11-12-33(40,41)42)32(39)30(23)27(36)17-24/h3,5,13-21H,2,4,6-10H2,1H3. The summed E-state index contributed by atoms with van der Waals surface area (Å²) >= 11 is 0. The fourth-order valence-electron chi connectivity index (χ4n) is 6.51. The van der Waals surface area contributed by atoms with Crippen LogP contribution in [0.4, 0.5) is 43.9 Å². The average Bonchev–Trinajstić information content (AvgIpc) is 2.95. The van der Waals surface area contributed by atoms with Gasteiger partial charge in [-0.05, 0) is 104 Å². The molecule has 0 aliphatic heterocycles. The summed E-state index contributed by atoms with van der Waals surface area (Å²) in [5.41, 5.74) is -2.87. The molecule has 45 heavy (non-hydrogen) atoms. The fourth-order valence-corrected chi connectivity index (χ4v) is 6.51. The summed E-state index contributed by atoms with van der Waals surface area (Å²) in [5.74, 6) is -6.03. The van der Waals surface area contributed by atoms with Gasteiger partial charge in [-0.25, -0.2) is 22.0 Å². The normalized spacial score (nSPS) is 22.3. The van der Waals surface area contributed by atoms with Gasteiger partial charge in [-0.3, -0.25) is 0 Å². The van der Waals surface area contributed by atoms with Crippen LogP contribution < -0.4 is 4.74 Å². The Bertz CT molecular complexity index is 1650. The molecule has 2 unspecified atom stereocenters. The highest BCUT2D eigenvalue weighted by Crippen LogP contribution is 2.44. The highest BCUT2D eigenvalue weighted by atomic mass is 19.4. The van der Waals surface area contributed by atoms with Crippen LogP contribution in [0.15, 0.2) is 42.5 Å². The van der Waals surface area contributed by atoms with Crippen LogP contribution in [-0.2, 0) is 6.11 Å². The van der Waals surface area contributed by atoms with Gasteiger partial charge in [0.05, 0.1) is 10.9 Å². The van der Waals surface area contributed by atoms with Crippen LogP contribution in [0, 0.1) is 58.7 Å². The lowest BCUT2D eigenvalue weighted by atomic mass is 9.70. The van der Waals surface area contributed by atoms with Gasteiger partial charge in [0.1, 0.15) is 34.6 Å². The second-order valence-electron chi connectivity index (χ2n) is 11.7. The van der Waals surface area contributed by atoms with Gasteiger partial charge in [0, 0.05) is 12.0 Å². The number of ether oxygens (including phenoxy) is 1. The van der Waals surface area contributed by atoms with Crippen molar-refractivity contribution in [3.05, 3.63) is 88.3 Å². The molecule has 2 atom stereocenters. The molecule has 2 aliphatic rings. The number of fused-ring (bicyclic) bond motifs is 1. The van der Waals surface area contributed by atoms with Crippen LogP contribution in [-0.4, -0.2) is 6.18 Å². The van der Waals surface area contributed by atoms with Gasteiger partial charge in [0.25, 0.3) is 0 Å². The summed E-state index contributed by atoms with van der Waals surface area (Å²) in [5, 5.41) is -1.74. The van der Waals surface area contributed by atoms with E-state index in [2.05, 4.69) is 23.8 Å². The topological polar surface area (TPSA) is 9.23 Å². The van der Waals surface area contributed by atoms with E-state index in [0.29, 0.717) is 48.6 Å². The first kappa shape index (κ1) is 32.7. The first-order valence-corrected chi connectivity index (χ1v) is 14.6. The summed E-state index contributed by atoms with van der Waals surface area (Å²) in [4.78, 5) is 0. The molecule has 1 saturated carbocycles. The maximum Gasteiger partial charge on any atom is 0.458 e. The Balaban J connectivity index is 1.34. The van der Waals surface area contributed by atoms with Gasteiger partial charge in [-0.15, -0.1) is 0 Å². The number of hydrogen-bond donors (Lipinski definition) is 0. The number of alkyl halides is 5. The largest absolute Gasteiger partial charge is 0.458 e. The third-order valence-corrected chi connectivity index (χ3v) is 8.86. The van der Waals surface area contributed by atoms with Crippen LogP contribution in [0.1, 0.15) is 74.5 Å². The van der Waals surface area contributed by atoms with Crippen LogP contribution in [0.5, 0.6) is 5.75 Å². The van der Waals surface area contributed by atoms with Crippen molar-refractivity contribution in [2.24, 2.45) is 17.8 Å². The van der Waals surface area contributed by atoms with Gasteiger partial charge >= 0.3 is 12.3 Å². The molecular formula is C34H28F10O. The number of rotatable bonds is 6. The summed E-state index contributed by atoms with van der Waals surface area (Å²) in [7, 11) is 0. The molecule has 11 heteroatoms. The van der Waals surface area contributed by atoms with Crippen molar-refractivity contribution >= 4 is 10.8 Å². The fraction of sp³-hybridized carbons (Fsp3) is 0.412. The van der Waals surface area contributed by atoms with E-state index in [-0.39, 0.29) is 17.5 Å². The maximum absolute atomic E-state index is 15.1. The van der Waals surface area contributed by atoms with E-state index in [4.69, 9.17) is 0 Å². The van der Waals surface area contributed by atoms with Crippen molar-refractivity contribution in [2.45, 2.75) is 70.1 Å². The Hall–Kier alpha value is -3.68. The third-order valence-electron chi connectivity index (χ3n) is 8.86. The quantitative estimate of drug-likeness (QED) is 0.148. The molecule has 0 spiro atoms. The molecule has 3 aromatic rings. The summed E-state index contributed by atoms with van der Waals surface area (Å²) < 4.78 is 146. The van der Waals surface area contributed by atoms with Crippen molar-refractivity contribution in [3.8, 4) is 17.6 Å². The monoisotopic (exact) mass is 642 g/mol. The van der Waals surface area contributed by atoms with E-state index in [1.807, 2.05) is 0 Å². The Kier molecular flexibility index (Phi) is 9.16. The van der Waals surface area contributed by atoms with Gasteiger partial charge in [0.15, 0.2) is 5.82 Å². The summed E-state index contributed by atoms with van der Waals surface area (Å²) in [6, 6.07) is 2.85. The third kappa shape index (κ3) is 7.10. The van der Waals surface area contributed by atoms with E-state index in [9.17, 15) is 26.3 Å². The minimum Gasteiger partial charge on any atom is -0.429 e. The first-order chi connectivity index (χ1) is 21.2. The van der Waals surface area contributed by atoms with E-state index in [0.717, 1.165) is 44.2 Å². The second kappa shape index (κ2) is 12.6. The number of halogens is 10. The van der Waals surface area contributed by atoms with Gasteiger partial charge in [-0.2, -0.15) is 22.0 Å². The number of benzene rings is 3. The van der Waals surface area contributed by atoms with Gasteiger partial charge < -0.3 is 4.74 Å². The van der Waals surface area contributed by atoms with Gasteiger partial charge in [0.2, 0.25) is 0 Å². The molecule has 3 aromatic carbocycles. The summed E-state index contributed by atoms with van der Waals surface area (Å²) in [6.07, 6.45) is 1.06. The molecule has 0 saturated heterocycles. The highest BCUT2D eigenvalue weighted by molar-refractivity contribution is 5.87. The smallest absolute Gasteiger partial charge is 0.429 e. The molecule has 5 rings (SSSR count). The van der Waals surface area contributed by atoms with E-state index in [1.54, 1.807) is 0 Å². The Labute approximate surface area is 253 Å². The minimum absolute atomic E-state index is 0.227. The molecule has 0 amide bonds. The number of allylic oxidation sites excluding steroid dienone is 2. The Morgan fingerprint density at radius 3 is 2.00 bits per heavy atom. The highest BCUT2D eigenvalue weighted by Gasteiger charge is 2.42. The SMILES string of the molecule is CCC1C=CC(C2CCC(c3cc(F)c(C(F)(F)Oc4cc(F)c5c(F)c(C#CC(F)(F)F)c(F)cc5c4)c(F)c3)CC2)CC1. The Morgan fingerprint density at radius 1 is 0.756 bits per heavy atom. The predicted molar refractivity (Wildman–Crippen MR) is 148 cm³/mol. The van der Waals surface area contributed by atoms with Crippen molar-refractivity contribution in [2.75, 3.05) is 0 Å². The zero-order valence-electron chi connectivity index (χ0n) is 24.0. The van der Waals surface area contributed by atoms with Crippen molar-refractivity contribution < 1.29 is 48.6 Å². The van der Waals surface area contributed by atoms with Crippen LogP contribution in [0.2, 0.25) is 0 Å². The predicted octanol–water partition coefficient (Wildman–Crippen LogP) is 10.8. The zero-order valence-corrected chi connectivity index (χ0v) is 24.0. The van der Waals surface area contributed by atoms with Crippen LogP contribution in [0.25, 0.3) is 10.8 Å². The van der Waals surface area contributed by atoms with E-state index < -0.39 is 69.0 Å². The molecule has 1 nitrogen and oxygen atoms in total. The van der Waals surface area contributed by atoms with Crippen LogP contribution in [0.3, 0.4) is 0 Å². The lowest BCUT2D eigenvalue weighted by Crippen LogP contribution is -2.26. The Morgan fingerprint density at radius 2 is 1.42 bits per heavy atom. The van der Waals surface area contributed by atoms with Crippen LogP contribution >= 0.6 is 0 Å². The van der Waals surface area contributed by atoms with E-state index >= 15 is 17.6 Å². The molecule has 0 heterocycles. The molecule has 1 fully saturated rings. The molecule has 2 aliphatic carbocycles. The second-order valence-corrected chi connectivity index (χ2v) is 11.7. The lowest BCUT2D eigenvalue weighted by molar-refractivity contribution is -0.189. The molecule has 0 bridgehead atoms. The molecule has 240 valence electrons. The number of hydrogen-bond acceptors (Lipinski definition) is 1. The van der Waals surface area contributed by atoms with Crippen molar-refractivity contribution in [1.82, 2.24) is 0 Å². The molecule has 0 N–H and O–H groups in total. The average molecular weight is 643 g/mol. The first-order valence-electron chi connectivity index (χ1n) is 14.6. The van der Waals surface area contributed by atoms with Crippen molar-refractivity contribution in [3.63, 3.8) is 0 Å². The minimum atomic E-state index is -5.09. The van der Waals surface area contributed by atoms with E-state index in [1.165, 1.54) is 5.92 Å². The molecule has 0 radical (unpaired) electrons. The van der Waals surface area contributed by atoms with Crippen molar-refractivity contribution in [1.29, 1.82) is 0 Å². The lowest BCUT2D eigenvalue weighted by Gasteiger charge is -2.35.